The molecule has 134 valence electrons. The zero-order valence-corrected chi connectivity index (χ0v) is 15.0. The highest BCUT2D eigenvalue weighted by Crippen LogP contribution is 2.19. The Balaban J connectivity index is 3.07. The maximum atomic E-state index is 12.5. The number of para-hydroxylation sites is 1. The van der Waals surface area contributed by atoms with Crippen LogP contribution in [0.15, 0.2) is 30.3 Å². The summed E-state index contributed by atoms with van der Waals surface area (Å²) < 4.78 is 10.5. The number of hydrogen-bond donors (Lipinski definition) is 0. The number of hydrogen-bond acceptors (Lipinski definition) is 5. The minimum atomic E-state index is -1.06. The van der Waals surface area contributed by atoms with Gasteiger partial charge in [-0.05, 0) is 31.4 Å². The van der Waals surface area contributed by atoms with Gasteiger partial charge >= 0.3 is 11.9 Å². The lowest BCUT2D eigenvalue weighted by Crippen LogP contribution is -2.49. The standard InChI is InChI=1S/C19H29NO4/c1-4-7-13-20(16-11-9-8-10-12-16)17(18(21)23-14-5-2)19(22)24-15-6-3/h8-12,17H,4-7,13-15H2,1-3H3. The predicted molar refractivity (Wildman–Crippen MR) is 95.0 cm³/mol. The molecule has 0 aromatic heterocycles. The zero-order chi connectivity index (χ0) is 17.8. The van der Waals surface area contributed by atoms with Gasteiger partial charge in [0.2, 0.25) is 6.04 Å². The van der Waals surface area contributed by atoms with Crippen LogP contribution in [0.3, 0.4) is 0 Å². The topological polar surface area (TPSA) is 55.8 Å². The monoisotopic (exact) mass is 335 g/mol. The summed E-state index contributed by atoms with van der Waals surface area (Å²) in [5, 5.41) is 0. The van der Waals surface area contributed by atoms with Gasteiger partial charge in [0.15, 0.2) is 0 Å². The van der Waals surface area contributed by atoms with E-state index >= 15 is 0 Å². The molecular formula is C19H29NO4. The largest absolute Gasteiger partial charge is 0.464 e. The Morgan fingerprint density at radius 3 is 1.92 bits per heavy atom. The third kappa shape index (κ3) is 6.22. The molecule has 5 nitrogen and oxygen atoms in total. The molecule has 0 aliphatic rings. The van der Waals surface area contributed by atoms with Crippen molar-refractivity contribution in [2.75, 3.05) is 24.7 Å². The molecule has 0 fully saturated rings. The quantitative estimate of drug-likeness (QED) is 0.457. The second kappa shape index (κ2) is 11.5. The van der Waals surface area contributed by atoms with E-state index in [4.69, 9.17) is 9.47 Å². The minimum Gasteiger partial charge on any atom is -0.464 e. The molecule has 0 spiro atoms. The summed E-state index contributed by atoms with van der Waals surface area (Å²) >= 11 is 0. The van der Waals surface area contributed by atoms with Crippen molar-refractivity contribution in [3.05, 3.63) is 30.3 Å². The normalized spacial score (nSPS) is 10.5. The maximum absolute atomic E-state index is 12.5. The minimum absolute atomic E-state index is 0.298. The number of ether oxygens (including phenoxy) is 2. The van der Waals surface area contributed by atoms with Crippen LogP contribution >= 0.6 is 0 Å². The van der Waals surface area contributed by atoms with E-state index in [1.807, 2.05) is 44.2 Å². The number of benzene rings is 1. The molecule has 0 N–H and O–H groups in total. The van der Waals surface area contributed by atoms with Crippen LogP contribution in [0.2, 0.25) is 0 Å². The Morgan fingerprint density at radius 2 is 1.46 bits per heavy atom. The van der Waals surface area contributed by atoms with Crippen LogP contribution in [0.1, 0.15) is 46.5 Å². The van der Waals surface area contributed by atoms with Crippen molar-refractivity contribution in [1.29, 1.82) is 0 Å². The highest BCUT2D eigenvalue weighted by atomic mass is 16.6. The van der Waals surface area contributed by atoms with Gasteiger partial charge in [-0.3, -0.25) is 0 Å². The summed E-state index contributed by atoms with van der Waals surface area (Å²) in [7, 11) is 0. The molecule has 0 heterocycles. The van der Waals surface area contributed by atoms with Crippen molar-refractivity contribution in [1.82, 2.24) is 0 Å². The zero-order valence-electron chi connectivity index (χ0n) is 15.0. The van der Waals surface area contributed by atoms with Crippen molar-refractivity contribution in [2.45, 2.75) is 52.5 Å². The molecule has 5 heteroatoms. The molecule has 0 unspecified atom stereocenters. The van der Waals surface area contributed by atoms with Crippen LogP contribution in [0.25, 0.3) is 0 Å². The molecule has 1 aromatic rings. The van der Waals surface area contributed by atoms with Gasteiger partial charge in [0.1, 0.15) is 0 Å². The molecule has 0 amide bonds. The number of nitrogens with zero attached hydrogens (tertiary/aromatic N) is 1. The Kier molecular flexibility index (Phi) is 9.58. The Labute approximate surface area is 144 Å². The summed E-state index contributed by atoms with van der Waals surface area (Å²) in [5.41, 5.74) is 0.817. The van der Waals surface area contributed by atoms with Crippen molar-refractivity contribution in [3.8, 4) is 0 Å². The van der Waals surface area contributed by atoms with Gasteiger partial charge in [-0.25, -0.2) is 9.59 Å². The van der Waals surface area contributed by atoms with Crippen molar-refractivity contribution in [3.63, 3.8) is 0 Å². The smallest absolute Gasteiger partial charge is 0.340 e. The van der Waals surface area contributed by atoms with Crippen molar-refractivity contribution in [2.24, 2.45) is 0 Å². The molecule has 1 rings (SSSR count). The highest BCUT2D eigenvalue weighted by Gasteiger charge is 2.35. The van der Waals surface area contributed by atoms with E-state index in [1.165, 1.54) is 0 Å². The highest BCUT2D eigenvalue weighted by molar-refractivity contribution is 6.02. The van der Waals surface area contributed by atoms with Gasteiger partial charge in [-0.2, -0.15) is 0 Å². The lowest BCUT2D eigenvalue weighted by atomic mass is 10.1. The average molecular weight is 335 g/mol. The molecule has 0 saturated heterocycles. The fourth-order valence-corrected chi connectivity index (χ4v) is 2.27. The summed E-state index contributed by atoms with van der Waals surface area (Å²) in [6.07, 6.45) is 3.25. The maximum Gasteiger partial charge on any atom is 0.340 e. The Hall–Kier alpha value is -2.04. The van der Waals surface area contributed by atoms with Crippen LogP contribution in [0.5, 0.6) is 0 Å². The fourth-order valence-electron chi connectivity index (χ4n) is 2.27. The van der Waals surface area contributed by atoms with Crippen LogP contribution in [-0.2, 0) is 19.1 Å². The van der Waals surface area contributed by atoms with E-state index in [-0.39, 0.29) is 0 Å². The van der Waals surface area contributed by atoms with Crippen LogP contribution in [-0.4, -0.2) is 37.7 Å². The lowest BCUT2D eigenvalue weighted by Gasteiger charge is -2.30. The molecular weight excluding hydrogens is 306 g/mol. The number of esters is 2. The molecule has 0 radical (unpaired) electrons. The van der Waals surface area contributed by atoms with Crippen LogP contribution in [0.4, 0.5) is 5.69 Å². The number of rotatable bonds is 11. The Morgan fingerprint density at radius 1 is 0.917 bits per heavy atom. The van der Waals surface area contributed by atoms with Crippen LogP contribution in [0, 0.1) is 0 Å². The summed E-state index contributed by atoms with van der Waals surface area (Å²) in [5.74, 6) is -1.09. The second-order valence-corrected chi connectivity index (χ2v) is 5.62. The van der Waals surface area contributed by atoms with Crippen molar-refractivity contribution >= 4 is 17.6 Å². The summed E-state index contributed by atoms with van der Waals surface area (Å²) in [4.78, 5) is 26.8. The number of carbonyl (C=O) groups is 2. The van der Waals surface area contributed by atoms with Gasteiger partial charge in [0.25, 0.3) is 0 Å². The lowest BCUT2D eigenvalue weighted by molar-refractivity contribution is -0.157. The van der Waals surface area contributed by atoms with Gasteiger partial charge < -0.3 is 14.4 Å². The fraction of sp³-hybridized carbons (Fsp3) is 0.579. The SMILES string of the molecule is CCCCN(c1ccccc1)C(C(=O)OCCC)C(=O)OCCC. The molecule has 0 saturated carbocycles. The van der Waals surface area contributed by atoms with Gasteiger partial charge in [-0.15, -0.1) is 0 Å². The first kappa shape index (κ1) is 20.0. The number of anilines is 1. The Bertz CT molecular complexity index is 469. The first-order chi connectivity index (χ1) is 11.7. The van der Waals surface area contributed by atoms with Crippen LogP contribution < -0.4 is 4.90 Å². The van der Waals surface area contributed by atoms with E-state index in [1.54, 1.807) is 4.90 Å². The van der Waals surface area contributed by atoms with E-state index in [0.717, 1.165) is 18.5 Å². The first-order valence-electron chi connectivity index (χ1n) is 8.80. The van der Waals surface area contributed by atoms with Gasteiger partial charge in [0.05, 0.1) is 13.2 Å². The third-order valence-electron chi connectivity index (χ3n) is 3.50. The molecule has 24 heavy (non-hydrogen) atoms. The molecule has 0 aliphatic carbocycles. The second-order valence-electron chi connectivity index (χ2n) is 5.62. The molecule has 0 atom stereocenters. The molecule has 0 aliphatic heterocycles. The van der Waals surface area contributed by atoms with E-state index in [0.29, 0.717) is 32.6 Å². The van der Waals surface area contributed by atoms with E-state index in [9.17, 15) is 9.59 Å². The average Bonchev–Trinajstić information content (AvgIpc) is 2.61. The summed E-state index contributed by atoms with van der Waals surface area (Å²) in [6, 6.07) is 8.41. The third-order valence-corrected chi connectivity index (χ3v) is 3.50. The predicted octanol–water partition coefficient (Wildman–Crippen LogP) is 3.57. The number of unbranched alkanes of at least 4 members (excludes halogenated alkanes) is 1. The molecule has 1 aromatic carbocycles. The van der Waals surface area contributed by atoms with Gasteiger partial charge in [-0.1, -0.05) is 45.4 Å². The van der Waals surface area contributed by atoms with Crippen molar-refractivity contribution < 1.29 is 19.1 Å². The number of carbonyl (C=O) groups excluding carboxylic acids is 2. The first-order valence-corrected chi connectivity index (χ1v) is 8.80. The van der Waals surface area contributed by atoms with E-state index in [2.05, 4.69) is 6.92 Å². The van der Waals surface area contributed by atoms with E-state index < -0.39 is 18.0 Å². The summed E-state index contributed by atoms with van der Waals surface area (Å²) in [6.45, 7) is 7.10. The molecule has 0 bridgehead atoms. The van der Waals surface area contributed by atoms with Gasteiger partial charge in [0, 0.05) is 12.2 Å².